The summed E-state index contributed by atoms with van der Waals surface area (Å²) in [6.07, 6.45) is 1.81. The van der Waals surface area contributed by atoms with Gasteiger partial charge in [0.15, 0.2) is 0 Å². The van der Waals surface area contributed by atoms with Gasteiger partial charge in [-0.2, -0.15) is 0 Å². The average Bonchev–Trinajstić information content (AvgIpc) is 2.64. The Bertz CT molecular complexity index is 669. The minimum Gasteiger partial charge on any atom is -0.354 e. The fourth-order valence-corrected chi connectivity index (χ4v) is 2.95. The van der Waals surface area contributed by atoms with Crippen molar-refractivity contribution in [3.8, 4) is 0 Å². The molecule has 0 aliphatic carbocycles. The number of hydrogen-bond acceptors (Lipinski definition) is 4. The fraction of sp³-hybridized carbons (Fsp3) is 0.333. The highest BCUT2D eigenvalue weighted by Gasteiger charge is 2.26. The van der Waals surface area contributed by atoms with Crippen molar-refractivity contribution < 1.29 is 4.79 Å². The van der Waals surface area contributed by atoms with E-state index in [1.807, 2.05) is 43.5 Å². The molecule has 1 aromatic carbocycles. The van der Waals surface area contributed by atoms with Gasteiger partial charge >= 0.3 is 0 Å². The topological polar surface area (TPSA) is 48.5 Å². The number of nitrogens with zero attached hydrogens (tertiary/aromatic N) is 3. The predicted octanol–water partition coefficient (Wildman–Crippen LogP) is 2.88. The first-order valence-corrected chi connectivity index (χ1v) is 8.48. The van der Waals surface area contributed by atoms with Crippen LogP contribution in [-0.4, -0.2) is 48.0 Å². The zero-order chi connectivity index (χ0) is 16.9. The lowest BCUT2D eigenvalue weighted by atomic mass is 10.2. The monoisotopic (exact) mass is 344 g/mol. The summed E-state index contributed by atoms with van der Waals surface area (Å²) in [4.78, 5) is 21.3. The maximum atomic E-state index is 12.4. The minimum absolute atomic E-state index is 0.00334. The first kappa shape index (κ1) is 16.7. The maximum absolute atomic E-state index is 12.4. The number of aromatic nitrogens is 1. The molecule has 3 rings (SSSR count). The number of amides is 1. The van der Waals surface area contributed by atoms with Crippen LogP contribution in [0.25, 0.3) is 0 Å². The third kappa shape index (κ3) is 4.04. The molecule has 1 aromatic heterocycles. The summed E-state index contributed by atoms with van der Waals surface area (Å²) in [7, 11) is 0. The summed E-state index contributed by atoms with van der Waals surface area (Å²) in [5.74, 6) is 0.999. The van der Waals surface area contributed by atoms with E-state index in [9.17, 15) is 4.79 Å². The molecule has 0 unspecified atom stereocenters. The van der Waals surface area contributed by atoms with Crippen LogP contribution in [0, 0.1) is 0 Å². The van der Waals surface area contributed by atoms with E-state index in [4.69, 9.17) is 11.6 Å². The van der Waals surface area contributed by atoms with Crippen molar-refractivity contribution in [2.75, 3.05) is 36.4 Å². The van der Waals surface area contributed by atoms with Gasteiger partial charge in [-0.05, 0) is 43.3 Å². The Balaban J connectivity index is 1.53. The molecule has 1 saturated heterocycles. The van der Waals surface area contributed by atoms with E-state index in [0.29, 0.717) is 5.02 Å². The van der Waals surface area contributed by atoms with Gasteiger partial charge in [-0.1, -0.05) is 17.7 Å². The smallest absolute Gasteiger partial charge is 0.241 e. The minimum atomic E-state index is -0.174. The maximum Gasteiger partial charge on any atom is 0.241 e. The largest absolute Gasteiger partial charge is 0.354 e. The number of halogens is 1. The number of piperazine rings is 1. The molecule has 126 valence electrons. The van der Waals surface area contributed by atoms with Crippen LogP contribution in [0.3, 0.4) is 0 Å². The highest BCUT2D eigenvalue weighted by Crippen LogP contribution is 2.16. The Morgan fingerprint density at radius 1 is 1.12 bits per heavy atom. The van der Waals surface area contributed by atoms with E-state index in [-0.39, 0.29) is 11.9 Å². The normalized spacial score (nSPS) is 16.7. The van der Waals surface area contributed by atoms with E-state index in [1.165, 1.54) is 0 Å². The van der Waals surface area contributed by atoms with E-state index >= 15 is 0 Å². The number of carbonyl (C=O) groups excluding carboxylic acids is 1. The molecular formula is C18H21ClN4O. The highest BCUT2D eigenvalue weighted by molar-refractivity contribution is 6.30. The summed E-state index contributed by atoms with van der Waals surface area (Å²) < 4.78 is 0. The lowest BCUT2D eigenvalue weighted by Gasteiger charge is -2.37. The molecule has 0 saturated carbocycles. The molecule has 1 aliphatic rings. The number of rotatable bonds is 4. The number of anilines is 2. The Labute approximate surface area is 147 Å². The number of nitrogens with one attached hydrogen (secondary N) is 1. The average molecular weight is 345 g/mol. The summed E-state index contributed by atoms with van der Waals surface area (Å²) in [6.45, 7) is 5.37. The molecule has 1 N–H and O–H groups in total. The fourth-order valence-electron chi connectivity index (χ4n) is 2.82. The van der Waals surface area contributed by atoms with Crippen LogP contribution in [0.15, 0.2) is 48.7 Å². The van der Waals surface area contributed by atoms with Crippen LogP contribution in [0.1, 0.15) is 6.92 Å². The van der Waals surface area contributed by atoms with Gasteiger partial charge in [0.25, 0.3) is 0 Å². The van der Waals surface area contributed by atoms with E-state index in [1.54, 1.807) is 12.1 Å². The number of pyridine rings is 1. The molecule has 1 atom stereocenters. The van der Waals surface area contributed by atoms with Crippen molar-refractivity contribution in [2.24, 2.45) is 0 Å². The number of benzene rings is 1. The van der Waals surface area contributed by atoms with Gasteiger partial charge in [0.05, 0.1) is 6.04 Å². The standard InChI is InChI=1S/C18H21ClN4O/c1-14(18(24)21-16-7-5-15(19)6-8-16)22-10-12-23(13-11-22)17-4-2-3-9-20-17/h2-9,14H,10-13H2,1H3,(H,21,24)/t14-/m0/s1. The van der Waals surface area contributed by atoms with Crippen LogP contribution in [0.2, 0.25) is 5.02 Å². The SMILES string of the molecule is C[C@@H](C(=O)Nc1ccc(Cl)cc1)N1CCN(c2ccccn2)CC1. The first-order chi connectivity index (χ1) is 11.6. The van der Waals surface area contributed by atoms with Gasteiger partial charge in [-0.3, -0.25) is 9.69 Å². The van der Waals surface area contributed by atoms with Crippen LogP contribution >= 0.6 is 11.6 Å². The van der Waals surface area contributed by atoms with Crippen LogP contribution in [0.4, 0.5) is 11.5 Å². The first-order valence-electron chi connectivity index (χ1n) is 8.10. The molecule has 0 spiro atoms. The second-order valence-corrected chi connectivity index (χ2v) is 6.32. The van der Waals surface area contributed by atoms with E-state index in [2.05, 4.69) is 20.1 Å². The second kappa shape index (κ2) is 7.64. The molecule has 6 heteroatoms. The molecule has 2 aromatic rings. The van der Waals surface area contributed by atoms with Gasteiger partial charge in [0.1, 0.15) is 5.82 Å². The quantitative estimate of drug-likeness (QED) is 0.926. The van der Waals surface area contributed by atoms with Crippen LogP contribution < -0.4 is 10.2 Å². The third-order valence-electron chi connectivity index (χ3n) is 4.33. The van der Waals surface area contributed by atoms with Crippen molar-refractivity contribution in [3.05, 3.63) is 53.7 Å². The molecular weight excluding hydrogens is 324 g/mol. The zero-order valence-electron chi connectivity index (χ0n) is 13.7. The molecule has 1 fully saturated rings. The van der Waals surface area contributed by atoms with E-state index in [0.717, 1.165) is 37.7 Å². The van der Waals surface area contributed by atoms with Gasteiger partial charge in [-0.25, -0.2) is 4.98 Å². The number of carbonyl (C=O) groups is 1. The highest BCUT2D eigenvalue weighted by atomic mass is 35.5. The summed E-state index contributed by atoms with van der Waals surface area (Å²) in [5, 5.41) is 3.60. The summed E-state index contributed by atoms with van der Waals surface area (Å²) >= 11 is 5.87. The molecule has 24 heavy (non-hydrogen) atoms. The lowest BCUT2D eigenvalue weighted by molar-refractivity contribution is -0.120. The lowest BCUT2D eigenvalue weighted by Crippen LogP contribution is -2.53. The van der Waals surface area contributed by atoms with Gasteiger partial charge in [-0.15, -0.1) is 0 Å². The summed E-state index contributed by atoms with van der Waals surface area (Å²) in [6, 6.07) is 12.9. The Kier molecular flexibility index (Phi) is 5.33. The van der Waals surface area contributed by atoms with Crippen molar-refractivity contribution >= 4 is 29.0 Å². The van der Waals surface area contributed by atoms with Crippen molar-refractivity contribution in [1.29, 1.82) is 0 Å². The Morgan fingerprint density at radius 3 is 2.46 bits per heavy atom. The zero-order valence-corrected chi connectivity index (χ0v) is 14.4. The molecule has 0 bridgehead atoms. The van der Waals surface area contributed by atoms with E-state index < -0.39 is 0 Å². The van der Waals surface area contributed by atoms with Crippen molar-refractivity contribution in [1.82, 2.24) is 9.88 Å². The molecule has 5 nitrogen and oxygen atoms in total. The van der Waals surface area contributed by atoms with Gasteiger partial charge in [0, 0.05) is 43.1 Å². The van der Waals surface area contributed by atoms with Crippen LogP contribution in [0.5, 0.6) is 0 Å². The van der Waals surface area contributed by atoms with Crippen molar-refractivity contribution in [2.45, 2.75) is 13.0 Å². The Hall–Kier alpha value is -2.11. The third-order valence-corrected chi connectivity index (χ3v) is 4.58. The number of hydrogen-bond donors (Lipinski definition) is 1. The Morgan fingerprint density at radius 2 is 1.83 bits per heavy atom. The molecule has 2 heterocycles. The summed E-state index contributed by atoms with van der Waals surface area (Å²) in [5.41, 5.74) is 0.767. The molecule has 0 radical (unpaired) electrons. The predicted molar refractivity (Wildman–Crippen MR) is 97.6 cm³/mol. The van der Waals surface area contributed by atoms with Gasteiger partial charge < -0.3 is 10.2 Å². The molecule has 1 amide bonds. The van der Waals surface area contributed by atoms with Gasteiger partial charge in [0.2, 0.25) is 5.91 Å². The van der Waals surface area contributed by atoms with Crippen molar-refractivity contribution in [3.63, 3.8) is 0 Å². The second-order valence-electron chi connectivity index (χ2n) is 5.88. The van der Waals surface area contributed by atoms with Crippen LogP contribution in [-0.2, 0) is 4.79 Å². The molecule has 1 aliphatic heterocycles.